The molecule has 0 radical (unpaired) electrons. The van der Waals surface area contributed by atoms with Crippen LogP contribution in [0.4, 0.5) is 0 Å². The summed E-state index contributed by atoms with van der Waals surface area (Å²) < 4.78 is 0. The second-order valence-electron chi connectivity index (χ2n) is 1.60. The fourth-order valence-electron chi connectivity index (χ4n) is 0.489. The Labute approximate surface area is 64.3 Å². The molecule has 0 bridgehead atoms. The van der Waals surface area contributed by atoms with E-state index in [4.69, 9.17) is 11.6 Å². The van der Waals surface area contributed by atoms with Gasteiger partial charge in [-0.2, -0.15) is 0 Å². The van der Waals surface area contributed by atoms with E-state index in [9.17, 15) is 0 Å². The molecule has 0 amide bonds. The summed E-state index contributed by atoms with van der Waals surface area (Å²) in [6.45, 7) is 1.73. The number of halogens is 1. The lowest BCUT2D eigenvalue weighted by atomic mass is 10.5. The van der Waals surface area contributed by atoms with Gasteiger partial charge in [-0.25, -0.2) is 9.97 Å². The molecule has 0 fully saturated rings. The van der Waals surface area contributed by atoms with E-state index in [2.05, 4.69) is 21.8 Å². The van der Waals surface area contributed by atoms with E-state index in [1.807, 2.05) is 0 Å². The van der Waals surface area contributed by atoms with Crippen molar-refractivity contribution < 1.29 is 0 Å². The molecule has 0 unspecified atom stereocenters. The Morgan fingerprint density at radius 1 is 1.40 bits per heavy atom. The van der Waals surface area contributed by atoms with Crippen LogP contribution in [0.25, 0.3) is 0 Å². The maximum absolute atomic E-state index is 5.54. The molecule has 0 aliphatic carbocycles. The number of aromatic nitrogens is 2. The largest absolute Gasteiger partial charge is 0.228 e. The van der Waals surface area contributed by atoms with Crippen molar-refractivity contribution in [3.63, 3.8) is 0 Å². The topological polar surface area (TPSA) is 25.8 Å². The third-order valence-electron chi connectivity index (χ3n) is 0.857. The first-order valence-corrected chi connectivity index (χ1v) is 3.11. The average Bonchev–Trinajstić information content (AvgIpc) is 1.95. The number of rotatable bonds is 0. The van der Waals surface area contributed by atoms with E-state index in [0.717, 1.165) is 0 Å². The molecule has 0 aromatic carbocycles. The molecule has 0 spiro atoms. The smallest absolute Gasteiger partial charge is 0.204 e. The number of hydrogen-bond donors (Lipinski definition) is 0. The molecular weight excluding hydrogens is 148 g/mol. The van der Waals surface area contributed by atoms with E-state index in [1.165, 1.54) is 12.4 Å². The summed E-state index contributed by atoms with van der Waals surface area (Å²) in [7, 11) is 0. The van der Waals surface area contributed by atoms with Crippen LogP contribution in [0.1, 0.15) is 12.7 Å². The molecule has 2 nitrogen and oxygen atoms in total. The summed E-state index contributed by atoms with van der Waals surface area (Å²) in [5.41, 5.74) is 0. The zero-order valence-corrected chi connectivity index (χ0v) is 6.18. The summed E-state index contributed by atoms with van der Waals surface area (Å²) in [6.07, 6.45) is 3.04. The van der Waals surface area contributed by atoms with Crippen LogP contribution in [-0.2, 0) is 0 Å². The van der Waals surface area contributed by atoms with Crippen molar-refractivity contribution in [2.24, 2.45) is 0 Å². The molecule has 0 saturated heterocycles. The van der Waals surface area contributed by atoms with Crippen LogP contribution in [0.15, 0.2) is 12.4 Å². The zero-order chi connectivity index (χ0) is 7.40. The maximum atomic E-state index is 5.54. The third kappa shape index (κ3) is 1.71. The summed E-state index contributed by atoms with van der Waals surface area (Å²) in [4.78, 5) is 7.70. The normalized spacial score (nSPS) is 8.20. The minimum atomic E-state index is 0.506. The van der Waals surface area contributed by atoms with Crippen LogP contribution in [0.5, 0.6) is 0 Å². The van der Waals surface area contributed by atoms with E-state index in [-0.39, 0.29) is 0 Å². The Morgan fingerprint density at radius 3 is 2.50 bits per heavy atom. The zero-order valence-electron chi connectivity index (χ0n) is 5.43. The van der Waals surface area contributed by atoms with Gasteiger partial charge in [0.05, 0.1) is 17.4 Å². The van der Waals surface area contributed by atoms with Crippen molar-refractivity contribution in [2.75, 3.05) is 0 Å². The van der Waals surface area contributed by atoms with E-state index in [1.54, 1.807) is 6.92 Å². The van der Waals surface area contributed by atoms with Crippen LogP contribution < -0.4 is 0 Å². The molecule has 10 heavy (non-hydrogen) atoms. The first kappa shape index (κ1) is 7.04. The number of nitrogens with zero attached hydrogens (tertiary/aromatic N) is 2. The Hall–Kier alpha value is -1.07. The van der Waals surface area contributed by atoms with Gasteiger partial charge < -0.3 is 0 Å². The predicted molar refractivity (Wildman–Crippen MR) is 39.6 cm³/mol. The van der Waals surface area contributed by atoms with Gasteiger partial charge in [-0.15, -0.1) is 0 Å². The highest BCUT2D eigenvalue weighted by molar-refractivity contribution is 6.30. The van der Waals surface area contributed by atoms with Crippen molar-refractivity contribution in [2.45, 2.75) is 6.92 Å². The Bertz CT molecular complexity index is 268. The predicted octanol–water partition coefficient (Wildman–Crippen LogP) is 1.50. The van der Waals surface area contributed by atoms with Crippen LogP contribution in [0, 0.1) is 11.8 Å². The van der Waals surface area contributed by atoms with Gasteiger partial charge >= 0.3 is 0 Å². The molecule has 0 atom stereocenters. The highest BCUT2D eigenvalue weighted by Crippen LogP contribution is 2.01. The van der Waals surface area contributed by atoms with Crippen molar-refractivity contribution >= 4 is 11.6 Å². The van der Waals surface area contributed by atoms with Crippen LogP contribution in [-0.4, -0.2) is 9.97 Å². The first-order chi connectivity index (χ1) is 4.83. The maximum Gasteiger partial charge on any atom is 0.204 e. The summed E-state index contributed by atoms with van der Waals surface area (Å²) in [6, 6.07) is 0. The molecule has 1 heterocycles. The first-order valence-electron chi connectivity index (χ1n) is 2.73. The van der Waals surface area contributed by atoms with Gasteiger partial charge in [-0.3, -0.25) is 0 Å². The summed E-state index contributed by atoms with van der Waals surface area (Å²) in [5, 5.41) is 0.529. The molecule has 0 saturated carbocycles. The SMILES string of the molecule is CC#Cc1ncc(Cl)cn1. The molecule has 0 aliphatic heterocycles. The lowest BCUT2D eigenvalue weighted by molar-refractivity contribution is 1.13. The van der Waals surface area contributed by atoms with Crippen molar-refractivity contribution in [1.82, 2.24) is 9.97 Å². The Balaban J connectivity index is 2.97. The molecule has 1 aromatic heterocycles. The van der Waals surface area contributed by atoms with Gasteiger partial charge in [0.15, 0.2) is 0 Å². The number of hydrogen-bond acceptors (Lipinski definition) is 2. The summed E-state index contributed by atoms with van der Waals surface area (Å²) in [5.74, 6) is 5.90. The highest BCUT2D eigenvalue weighted by atomic mass is 35.5. The van der Waals surface area contributed by atoms with E-state index < -0.39 is 0 Å². The van der Waals surface area contributed by atoms with Crippen LogP contribution in [0.3, 0.4) is 0 Å². The molecule has 3 heteroatoms. The van der Waals surface area contributed by atoms with Crippen LogP contribution in [0.2, 0.25) is 5.02 Å². The molecule has 0 N–H and O–H groups in total. The van der Waals surface area contributed by atoms with E-state index >= 15 is 0 Å². The summed E-state index contributed by atoms with van der Waals surface area (Å²) >= 11 is 5.54. The average molecular weight is 153 g/mol. The molecule has 0 aliphatic rings. The lowest BCUT2D eigenvalue weighted by Gasteiger charge is -1.86. The van der Waals surface area contributed by atoms with Crippen molar-refractivity contribution in [1.29, 1.82) is 0 Å². The quantitative estimate of drug-likeness (QED) is 0.527. The van der Waals surface area contributed by atoms with E-state index in [0.29, 0.717) is 10.8 Å². The highest BCUT2D eigenvalue weighted by Gasteiger charge is 1.88. The monoisotopic (exact) mass is 152 g/mol. The lowest BCUT2D eigenvalue weighted by Crippen LogP contribution is -1.85. The Kier molecular flexibility index (Phi) is 2.24. The molecule has 50 valence electrons. The van der Waals surface area contributed by atoms with Crippen LogP contribution >= 0.6 is 11.6 Å². The van der Waals surface area contributed by atoms with Crippen molar-refractivity contribution in [3.8, 4) is 11.8 Å². The minimum absolute atomic E-state index is 0.506. The second kappa shape index (κ2) is 3.19. The minimum Gasteiger partial charge on any atom is -0.228 e. The van der Waals surface area contributed by atoms with Gasteiger partial charge in [-0.05, 0) is 12.8 Å². The molecule has 1 rings (SSSR count). The molecule has 1 aromatic rings. The van der Waals surface area contributed by atoms with Crippen molar-refractivity contribution in [3.05, 3.63) is 23.2 Å². The molecular formula is C7H5ClN2. The Morgan fingerprint density at radius 2 is 2.00 bits per heavy atom. The second-order valence-corrected chi connectivity index (χ2v) is 2.04. The van der Waals surface area contributed by atoms with Gasteiger partial charge in [0.1, 0.15) is 0 Å². The standard InChI is InChI=1S/C7H5ClN2/c1-2-3-7-9-4-6(8)5-10-7/h4-5H,1H3. The fraction of sp³-hybridized carbons (Fsp3) is 0.143. The van der Waals surface area contributed by atoms with Gasteiger partial charge in [0, 0.05) is 0 Å². The van der Waals surface area contributed by atoms with Gasteiger partial charge in [0.25, 0.3) is 0 Å². The fourth-order valence-corrected chi connectivity index (χ4v) is 0.586. The third-order valence-corrected chi connectivity index (χ3v) is 1.05. The van der Waals surface area contributed by atoms with Gasteiger partial charge in [-0.1, -0.05) is 17.5 Å². The van der Waals surface area contributed by atoms with Gasteiger partial charge in [0.2, 0.25) is 5.82 Å².